The minimum absolute atomic E-state index is 0.126. The summed E-state index contributed by atoms with van der Waals surface area (Å²) in [4.78, 5) is 10.6. The van der Waals surface area contributed by atoms with Crippen molar-refractivity contribution < 1.29 is 13.6 Å². The molecule has 18 heavy (non-hydrogen) atoms. The van der Waals surface area contributed by atoms with Crippen LogP contribution in [0.15, 0.2) is 18.2 Å². The van der Waals surface area contributed by atoms with Crippen LogP contribution in [0.4, 0.5) is 8.78 Å². The summed E-state index contributed by atoms with van der Waals surface area (Å²) in [7, 11) is 0. The first kappa shape index (κ1) is 13.8. The summed E-state index contributed by atoms with van der Waals surface area (Å²) < 4.78 is 26.5. The molecule has 0 aliphatic heterocycles. The Bertz CT molecular complexity index is 495. The molecular formula is C13H12F2N2O. The van der Waals surface area contributed by atoms with Crippen molar-refractivity contribution in [2.75, 3.05) is 6.54 Å². The minimum Gasteiger partial charge on any atom is -0.356 e. The third-order valence-corrected chi connectivity index (χ3v) is 2.17. The van der Waals surface area contributed by atoms with Gasteiger partial charge in [0, 0.05) is 13.5 Å². The van der Waals surface area contributed by atoms with E-state index in [1.54, 1.807) is 6.08 Å². The maximum Gasteiger partial charge on any atom is 0.216 e. The first-order chi connectivity index (χ1) is 8.54. The number of nitrogens with zero attached hydrogens (tertiary/aromatic N) is 1. The maximum atomic E-state index is 13.2. The highest BCUT2D eigenvalue weighted by atomic mass is 19.1. The summed E-state index contributed by atoms with van der Waals surface area (Å²) in [5.74, 6) is -1.88. The van der Waals surface area contributed by atoms with Crippen LogP contribution < -0.4 is 5.32 Å². The Morgan fingerprint density at radius 1 is 1.44 bits per heavy atom. The smallest absolute Gasteiger partial charge is 0.216 e. The van der Waals surface area contributed by atoms with Gasteiger partial charge < -0.3 is 5.32 Å². The van der Waals surface area contributed by atoms with E-state index in [0.717, 1.165) is 12.1 Å². The largest absolute Gasteiger partial charge is 0.356 e. The van der Waals surface area contributed by atoms with Gasteiger partial charge in [-0.05, 0) is 24.1 Å². The fourth-order valence-electron chi connectivity index (χ4n) is 1.35. The van der Waals surface area contributed by atoms with E-state index in [2.05, 4.69) is 5.32 Å². The molecule has 0 aliphatic rings. The number of nitrogens with one attached hydrogen (secondary N) is 1. The van der Waals surface area contributed by atoms with E-state index in [-0.39, 0.29) is 5.91 Å². The van der Waals surface area contributed by atoms with E-state index in [1.165, 1.54) is 19.1 Å². The zero-order valence-electron chi connectivity index (χ0n) is 9.84. The average Bonchev–Trinajstić information content (AvgIpc) is 2.27. The highest BCUT2D eigenvalue weighted by molar-refractivity contribution is 5.72. The number of rotatable bonds is 4. The van der Waals surface area contributed by atoms with E-state index in [1.807, 2.05) is 0 Å². The molecule has 0 unspecified atom stereocenters. The number of hydrogen-bond acceptors (Lipinski definition) is 2. The third kappa shape index (κ3) is 3.98. The molecule has 1 N–H and O–H groups in total. The fraction of sp³-hybridized carbons (Fsp3) is 0.231. The molecule has 0 heterocycles. The molecular weight excluding hydrogens is 238 g/mol. The van der Waals surface area contributed by atoms with Gasteiger partial charge in [0.25, 0.3) is 0 Å². The second-order valence-corrected chi connectivity index (χ2v) is 3.65. The van der Waals surface area contributed by atoms with Gasteiger partial charge in [-0.2, -0.15) is 5.26 Å². The molecule has 0 radical (unpaired) electrons. The maximum absolute atomic E-state index is 13.2. The van der Waals surface area contributed by atoms with E-state index in [0.29, 0.717) is 18.5 Å². The summed E-state index contributed by atoms with van der Waals surface area (Å²) >= 11 is 0. The van der Waals surface area contributed by atoms with Crippen molar-refractivity contribution in [3.05, 3.63) is 41.0 Å². The van der Waals surface area contributed by atoms with E-state index in [4.69, 9.17) is 5.26 Å². The standard InChI is InChI=1S/C13H12F2N2O/c1-9(18)17-5-3-2-4-10-6-12(14)11(8-16)13(15)7-10/h2,4,6-7H,3,5H2,1H3,(H,17,18). The number of amides is 1. The molecule has 0 aliphatic carbocycles. The van der Waals surface area contributed by atoms with E-state index < -0.39 is 17.2 Å². The van der Waals surface area contributed by atoms with Gasteiger partial charge in [-0.1, -0.05) is 12.2 Å². The molecule has 0 fully saturated rings. The molecule has 0 saturated heterocycles. The first-order valence-electron chi connectivity index (χ1n) is 5.34. The highest BCUT2D eigenvalue weighted by Crippen LogP contribution is 2.15. The zero-order chi connectivity index (χ0) is 13.5. The van der Waals surface area contributed by atoms with E-state index >= 15 is 0 Å². The van der Waals surface area contributed by atoms with Crippen molar-refractivity contribution in [3.63, 3.8) is 0 Å². The first-order valence-corrected chi connectivity index (χ1v) is 5.34. The van der Waals surface area contributed by atoms with Crippen LogP contribution in [-0.4, -0.2) is 12.5 Å². The summed E-state index contributed by atoms with van der Waals surface area (Å²) in [6.45, 7) is 1.88. The molecule has 94 valence electrons. The Hall–Kier alpha value is -2.22. The van der Waals surface area contributed by atoms with Gasteiger partial charge in [0.15, 0.2) is 0 Å². The number of benzene rings is 1. The van der Waals surface area contributed by atoms with Crippen LogP contribution in [0.2, 0.25) is 0 Å². The normalized spacial score (nSPS) is 10.3. The van der Waals surface area contributed by atoms with Gasteiger partial charge in [-0.15, -0.1) is 0 Å². The number of halogens is 2. The second-order valence-electron chi connectivity index (χ2n) is 3.65. The minimum atomic E-state index is -0.876. The number of carbonyl (C=O) groups is 1. The summed E-state index contributed by atoms with van der Waals surface area (Å²) in [5.41, 5.74) is -0.239. The quantitative estimate of drug-likeness (QED) is 0.834. The molecule has 1 rings (SSSR count). The van der Waals surface area contributed by atoms with Crippen molar-refractivity contribution in [2.45, 2.75) is 13.3 Å². The van der Waals surface area contributed by atoms with E-state index in [9.17, 15) is 13.6 Å². The van der Waals surface area contributed by atoms with Crippen molar-refractivity contribution in [1.82, 2.24) is 5.32 Å². The Morgan fingerprint density at radius 2 is 2.06 bits per heavy atom. The van der Waals surface area contributed by atoms with Gasteiger partial charge in [-0.25, -0.2) is 8.78 Å². The predicted octanol–water partition coefficient (Wildman–Crippen LogP) is 2.38. The third-order valence-electron chi connectivity index (χ3n) is 2.17. The van der Waals surface area contributed by atoms with Crippen molar-refractivity contribution in [3.8, 4) is 6.07 Å². The molecule has 5 heteroatoms. The number of carbonyl (C=O) groups excluding carboxylic acids is 1. The summed E-state index contributed by atoms with van der Waals surface area (Å²) in [6, 6.07) is 3.65. The molecule has 0 spiro atoms. The molecule has 1 amide bonds. The SMILES string of the molecule is CC(=O)NCCC=Cc1cc(F)c(C#N)c(F)c1. The van der Waals surface area contributed by atoms with Crippen LogP contribution in [0.25, 0.3) is 6.08 Å². The Labute approximate surface area is 104 Å². The van der Waals surface area contributed by atoms with Crippen LogP contribution in [-0.2, 0) is 4.79 Å². The molecule has 1 aromatic rings. The average molecular weight is 250 g/mol. The van der Waals surface area contributed by atoms with Crippen LogP contribution >= 0.6 is 0 Å². The Kier molecular flexibility index (Phi) is 5.00. The monoisotopic (exact) mass is 250 g/mol. The lowest BCUT2D eigenvalue weighted by molar-refractivity contribution is -0.118. The number of hydrogen-bond donors (Lipinski definition) is 1. The van der Waals surface area contributed by atoms with Crippen LogP contribution in [0, 0.1) is 23.0 Å². The van der Waals surface area contributed by atoms with Gasteiger partial charge >= 0.3 is 0 Å². The van der Waals surface area contributed by atoms with Crippen molar-refractivity contribution in [1.29, 1.82) is 5.26 Å². The van der Waals surface area contributed by atoms with Crippen LogP contribution in [0.1, 0.15) is 24.5 Å². The zero-order valence-corrected chi connectivity index (χ0v) is 9.84. The summed E-state index contributed by atoms with van der Waals surface area (Å²) in [5, 5.41) is 11.1. The van der Waals surface area contributed by atoms with Crippen molar-refractivity contribution in [2.24, 2.45) is 0 Å². The number of nitriles is 1. The van der Waals surface area contributed by atoms with Crippen LogP contribution in [0.3, 0.4) is 0 Å². The second kappa shape index (κ2) is 6.50. The lowest BCUT2D eigenvalue weighted by atomic mass is 10.1. The molecule has 0 bridgehead atoms. The van der Waals surface area contributed by atoms with Crippen molar-refractivity contribution >= 4 is 12.0 Å². The molecule has 0 saturated carbocycles. The molecule has 0 aromatic heterocycles. The Balaban J connectivity index is 2.66. The highest BCUT2D eigenvalue weighted by Gasteiger charge is 2.08. The molecule has 1 aromatic carbocycles. The van der Waals surface area contributed by atoms with Gasteiger partial charge in [0.1, 0.15) is 23.3 Å². The summed E-state index contributed by atoms with van der Waals surface area (Å²) in [6.07, 6.45) is 3.79. The Morgan fingerprint density at radius 3 is 2.56 bits per heavy atom. The van der Waals surface area contributed by atoms with Gasteiger partial charge in [0.05, 0.1) is 0 Å². The molecule has 3 nitrogen and oxygen atoms in total. The van der Waals surface area contributed by atoms with Gasteiger partial charge in [0.2, 0.25) is 5.91 Å². The van der Waals surface area contributed by atoms with Crippen LogP contribution in [0.5, 0.6) is 0 Å². The fourth-order valence-corrected chi connectivity index (χ4v) is 1.35. The topological polar surface area (TPSA) is 52.9 Å². The van der Waals surface area contributed by atoms with Gasteiger partial charge in [-0.3, -0.25) is 4.79 Å². The lowest BCUT2D eigenvalue weighted by Gasteiger charge is -1.99. The predicted molar refractivity (Wildman–Crippen MR) is 63.4 cm³/mol. The lowest BCUT2D eigenvalue weighted by Crippen LogP contribution is -2.20. The molecule has 0 atom stereocenters.